The number of Topliss-reactive ketones (excluding diaryl/α,β-unsaturated/α-hetero) is 1. The van der Waals surface area contributed by atoms with E-state index in [-0.39, 0.29) is 5.78 Å². The smallest absolute Gasteiger partial charge is 0.206 e. The molecule has 0 aliphatic carbocycles. The van der Waals surface area contributed by atoms with Crippen LogP contribution in [0.5, 0.6) is 0 Å². The molecule has 3 aromatic rings. The fourth-order valence-corrected chi connectivity index (χ4v) is 2.63. The lowest BCUT2D eigenvalue weighted by atomic mass is 10.1. The molecular formula is C16H12Cl2N4O2. The number of aliphatic hydroxyl groups excluding tert-OH is 1. The van der Waals surface area contributed by atoms with Crippen molar-refractivity contribution in [2.45, 2.75) is 6.54 Å². The molecule has 8 heteroatoms. The van der Waals surface area contributed by atoms with Gasteiger partial charge in [0.15, 0.2) is 5.78 Å². The highest BCUT2D eigenvalue weighted by atomic mass is 35.5. The van der Waals surface area contributed by atoms with Crippen molar-refractivity contribution < 1.29 is 9.90 Å². The molecular weight excluding hydrogens is 351 g/mol. The molecule has 24 heavy (non-hydrogen) atoms. The molecule has 0 fully saturated rings. The first-order valence-corrected chi connectivity index (χ1v) is 7.78. The van der Waals surface area contributed by atoms with Crippen molar-refractivity contribution in [1.82, 2.24) is 20.2 Å². The number of carbonyl (C=O) groups is 1. The Morgan fingerprint density at radius 1 is 1.12 bits per heavy atom. The summed E-state index contributed by atoms with van der Waals surface area (Å²) in [5.41, 5.74) is 2.01. The van der Waals surface area contributed by atoms with Crippen LogP contribution >= 0.6 is 23.2 Å². The first-order valence-electron chi connectivity index (χ1n) is 7.03. The molecule has 2 aromatic carbocycles. The summed E-state index contributed by atoms with van der Waals surface area (Å²) in [5, 5.41) is 22.1. The van der Waals surface area contributed by atoms with Crippen LogP contribution < -0.4 is 0 Å². The zero-order valence-corrected chi connectivity index (χ0v) is 13.9. The maximum atomic E-state index is 11.4. The van der Waals surface area contributed by atoms with Crippen LogP contribution in [0.15, 0.2) is 42.5 Å². The van der Waals surface area contributed by atoms with E-state index in [1.54, 1.807) is 42.5 Å². The number of aromatic nitrogens is 4. The Morgan fingerprint density at radius 2 is 1.88 bits per heavy atom. The Morgan fingerprint density at radius 3 is 2.54 bits per heavy atom. The summed E-state index contributed by atoms with van der Waals surface area (Å²) < 4.78 is 0. The molecule has 0 saturated heterocycles. The lowest BCUT2D eigenvalue weighted by Gasteiger charge is -2.02. The number of benzene rings is 2. The van der Waals surface area contributed by atoms with E-state index in [1.807, 2.05) is 0 Å². The zero-order chi connectivity index (χ0) is 17.1. The van der Waals surface area contributed by atoms with Crippen molar-refractivity contribution in [3.05, 3.63) is 63.6 Å². The first kappa shape index (κ1) is 16.6. The minimum atomic E-state index is -0.505. The zero-order valence-electron chi connectivity index (χ0n) is 12.4. The number of hydrogen-bond donors (Lipinski definition) is 1. The van der Waals surface area contributed by atoms with Crippen molar-refractivity contribution in [1.29, 1.82) is 0 Å². The van der Waals surface area contributed by atoms with Crippen LogP contribution in [0.1, 0.15) is 15.9 Å². The number of carbonyl (C=O) groups excluding carboxylic acids is 1. The van der Waals surface area contributed by atoms with Gasteiger partial charge in [-0.25, -0.2) is 0 Å². The molecule has 0 aliphatic heterocycles. The third kappa shape index (κ3) is 3.62. The van der Waals surface area contributed by atoms with Crippen molar-refractivity contribution in [3.63, 3.8) is 0 Å². The molecule has 0 unspecified atom stereocenters. The van der Waals surface area contributed by atoms with Gasteiger partial charge in [-0.15, -0.1) is 10.2 Å². The molecule has 0 spiro atoms. The fourth-order valence-electron chi connectivity index (χ4n) is 2.14. The van der Waals surface area contributed by atoms with E-state index in [2.05, 4.69) is 15.4 Å². The van der Waals surface area contributed by atoms with Gasteiger partial charge < -0.3 is 5.11 Å². The SMILES string of the molecule is O=C(CO)c1ccc(Cn2nnc(-c3ccc(Cl)cc3Cl)n2)cc1. The Hall–Kier alpha value is -2.28. The van der Waals surface area contributed by atoms with Gasteiger partial charge in [0.2, 0.25) is 5.82 Å². The normalized spacial score (nSPS) is 10.8. The van der Waals surface area contributed by atoms with Crippen LogP contribution in [0.4, 0.5) is 0 Å². The highest BCUT2D eigenvalue weighted by molar-refractivity contribution is 6.36. The van der Waals surface area contributed by atoms with Gasteiger partial charge in [0.05, 0.1) is 11.6 Å². The lowest BCUT2D eigenvalue weighted by Crippen LogP contribution is -2.06. The predicted molar refractivity (Wildman–Crippen MR) is 90.2 cm³/mol. The van der Waals surface area contributed by atoms with Gasteiger partial charge in [-0.2, -0.15) is 4.80 Å². The minimum absolute atomic E-state index is 0.319. The summed E-state index contributed by atoms with van der Waals surface area (Å²) in [4.78, 5) is 12.8. The molecule has 6 nitrogen and oxygen atoms in total. The molecule has 0 saturated carbocycles. The number of ketones is 1. The summed E-state index contributed by atoms with van der Waals surface area (Å²) in [5.74, 6) is 0.0869. The fraction of sp³-hybridized carbons (Fsp3) is 0.125. The van der Waals surface area contributed by atoms with Gasteiger partial charge in [0, 0.05) is 16.1 Å². The molecule has 122 valence electrons. The van der Waals surface area contributed by atoms with Crippen LogP contribution in [0.2, 0.25) is 10.0 Å². The van der Waals surface area contributed by atoms with Crippen LogP contribution in [0, 0.1) is 0 Å². The maximum Gasteiger partial charge on any atom is 0.206 e. The maximum absolute atomic E-state index is 11.4. The van der Waals surface area contributed by atoms with Gasteiger partial charge in [0.1, 0.15) is 6.61 Å². The highest BCUT2D eigenvalue weighted by Crippen LogP contribution is 2.27. The van der Waals surface area contributed by atoms with Crippen molar-refractivity contribution in [3.8, 4) is 11.4 Å². The van der Waals surface area contributed by atoms with Gasteiger partial charge in [0.25, 0.3) is 0 Å². The van der Waals surface area contributed by atoms with Gasteiger partial charge in [-0.05, 0) is 29.0 Å². The lowest BCUT2D eigenvalue weighted by molar-refractivity contribution is 0.0903. The van der Waals surface area contributed by atoms with Gasteiger partial charge in [-0.3, -0.25) is 4.79 Å². The Kier molecular flexibility index (Phi) is 4.89. The number of nitrogens with zero attached hydrogens (tertiary/aromatic N) is 4. The second kappa shape index (κ2) is 7.09. The third-order valence-electron chi connectivity index (χ3n) is 3.37. The van der Waals surface area contributed by atoms with Crippen molar-refractivity contribution in [2.24, 2.45) is 0 Å². The van der Waals surface area contributed by atoms with Crippen LogP contribution in [-0.2, 0) is 6.54 Å². The molecule has 1 N–H and O–H groups in total. The number of rotatable bonds is 5. The van der Waals surface area contributed by atoms with Crippen LogP contribution in [0.3, 0.4) is 0 Å². The number of halogens is 2. The largest absolute Gasteiger partial charge is 0.388 e. The monoisotopic (exact) mass is 362 g/mol. The molecule has 0 bridgehead atoms. The van der Waals surface area contributed by atoms with E-state index < -0.39 is 6.61 Å². The molecule has 0 radical (unpaired) electrons. The summed E-state index contributed by atoms with van der Waals surface area (Å²) in [6.45, 7) is -0.110. The second-order valence-corrected chi connectivity index (χ2v) is 5.89. The molecule has 0 amide bonds. The summed E-state index contributed by atoms with van der Waals surface area (Å²) >= 11 is 12.0. The summed E-state index contributed by atoms with van der Waals surface area (Å²) in [6.07, 6.45) is 0. The Bertz CT molecular complexity index is 878. The van der Waals surface area contributed by atoms with E-state index in [0.717, 1.165) is 5.56 Å². The van der Waals surface area contributed by atoms with Gasteiger partial charge in [-0.1, -0.05) is 47.5 Å². The topological polar surface area (TPSA) is 80.9 Å². The number of tetrazole rings is 1. The number of hydrogen-bond acceptors (Lipinski definition) is 5. The molecule has 1 heterocycles. The van der Waals surface area contributed by atoms with Crippen molar-refractivity contribution >= 4 is 29.0 Å². The highest BCUT2D eigenvalue weighted by Gasteiger charge is 2.11. The van der Waals surface area contributed by atoms with Crippen LogP contribution in [0.25, 0.3) is 11.4 Å². The van der Waals surface area contributed by atoms with Crippen molar-refractivity contribution in [2.75, 3.05) is 6.61 Å². The minimum Gasteiger partial charge on any atom is -0.388 e. The standard InChI is InChI=1S/C16H12Cl2N4O2/c17-12-5-6-13(14(18)7-12)16-19-21-22(20-16)8-10-1-3-11(4-2-10)15(24)9-23/h1-7,23H,8-9H2. The summed E-state index contributed by atoms with van der Waals surface area (Å²) in [6, 6.07) is 11.9. The Labute approximate surface area is 147 Å². The second-order valence-electron chi connectivity index (χ2n) is 5.05. The molecule has 1 aromatic heterocycles. The third-order valence-corrected chi connectivity index (χ3v) is 3.92. The van der Waals surface area contributed by atoms with E-state index in [4.69, 9.17) is 28.3 Å². The average Bonchev–Trinajstić information content (AvgIpc) is 3.03. The predicted octanol–water partition coefficient (Wildman–Crippen LogP) is 2.87. The van der Waals surface area contributed by atoms with E-state index >= 15 is 0 Å². The van der Waals surface area contributed by atoms with E-state index in [9.17, 15) is 4.79 Å². The molecule has 0 atom stereocenters. The first-order chi connectivity index (χ1) is 11.6. The van der Waals surface area contributed by atoms with Gasteiger partial charge >= 0.3 is 0 Å². The van der Waals surface area contributed by atoms with E-state index in [1.165, 1.54) is 4.80 Å². The number of aliphatic hydroxyl groups is 1. The molecule has 0 aliphatic rings. The van der Waals surface area contributed by atoms with E-state index in [0.29, 0.717) is 33.5 Å². The Balaban J connectivity index is 1.77. The van der Waals surface area contributed by atoms with Crippen LogP contribution in [-0.4, -0.2) is 37.7 Å². The molecule has 3 rings (SSSR count). The average molecular weight is 363 g/mol. The quantitative estimate of drug-likeness (QED) is 0.705. The summed E-state index contributed by atoms with van der Waals surface area (Å²) in [7, 11) is 0.